The molecule has 2 N–H and O–H groups in total. The summed E-state index contributed by atoms with van der Waals surface area (Å²) in [5.74, 6) is 0.222. The molecule has 62 heavy (non-hydrogen) atoms. The van der Waals surface area contributed by atoms with E-state index in [9.17, 15) is 10.2 Å². The van der Waals surface area contributed by atoms with Crippen LogP contribution in [0.2, 0.25) is 0 Å². The fraction of sp³-hybridized carbons (Fsp3) is 0. The van der Waals surface area contributed by atoms with E-state index in [1.54, 1.807) is 0 Å². The maximum atomic E-state index is 11.7. The van der Waals surface area contributed by atoms with Gasteiger partial charge in [-0.05, 0) is 102 Å². The lowest BCUT2D eigenvalue weighted by molar-refractivity contribution is 0.460. The van der Waals surface area contributed by atoms with Gasteiger partial charge in [-0.1, -0.05) is 174 Å². The first kappa shape index (κ1) is 37.3. The Labute approximate surface area is 362 Å². The van der Waals surface area contributed by atoms with E-state index in [1.165, 1.54) is 0 Å². The number of hydrogen-bond acceptors (Lipinski definition) is 3. The summed E-state index contributed by atoms with van der Waals surface area (Å²) in [6.07, 6.45) is 0. The zero-order valence-corrected chi connectivity index (χ0v) is 34.7. The van der Waals surface area contributed by atoms with Gasteiger partial charge in [0.25, 0.3) is 0 Å². The Kier molecular flexibility index (Phi) is 8.91. The number of hydrogen-bond donors (Lipinski definition) is 2. The lowest BCUT2D eigenvalue weighted by atomic mass is 9.69. The van der Waals surface area contributed by atoms with Crippen molar-refractivity contribution in [2.45, 2.75) is 0 Å². The number of phenols is 2. The lowest BCUT2D eigenvalue weighted by Gasteiger charge is -2.22. The Morgan fingerprint density at radius 1 is 0.306 bits per heavy atom. The molecule has 0 unspecified atom stereocenters. The highest BCUT2D eigenvalue weighted by Gasteiger charge is 2.25. The van der Waals surface area contributed by atoms with E-state index in [-0.39, 0.29) is 11.5 Å². The molecule has 0 fully saturated rings. The first-order valence-electron chi connectivity index (χ1n) is 21.1. The lowest BCUT2D eigenvalue weighted by Crippen LogP contribution is -2.39. The van der Waals surface area contributed by atoms with Gasteiger partial charge >= 0.3 is 0 Å². The molecule has 0 amide bonds. The van der Waals surface area contributed by atoms with Crippen LogP contribution in [0, 0.1) is 0 Å². The molecule has 0 aliphatic carbocycles. The predicted octanol–water partition coefficient (Wildman–Crippen LogP) is 10.1. The quantitative estimate of drug-likeness (QED) is 0.130. The van der Waals surface area contributed by atoms with Crippen LogP contribution in [0.4, 0.5) is 0 Å². The van der Waals surface area contributed by atoms with Crippen LogP contribution in [0.15, 0.2) is 192 Å². The number of benzene rings is 10. The van der Waals surface area contributed by atoms with Crippen LogP contribution >= 0.6 is 0 Å². The Bertz CT molecular complexity index is 3420. The maximum absolute atomic E-state index is 11.7. The van der Waals surface area contributed by atoms with Crippen LogP contribution in [-0.4, -0.2) is 33.8 Å². The molecule has 0 aliphatic rings. The summed E-state index contributed by atoms with van der Waals surface area (Å²) >= 11 is 0. The van der Waals surface area contributed by atoms with Gasteiger partial charge in [-0.2, -0.15) is 0 Å². The molecule has 1 aromatic heterocycles. The van der Waals surface area contributed by atoms with Crippen molar-refractivity contribution < 1.29 is 14.6 Å². The first-order valence-corrected chi connectivity index (χ1v) is 21.1. The smallest absolute Gasteiger partial charge is 0.143 e. The zero-order chi connectivity index (χ0) is 42.1. The summed E-state index contributed by atoms with van der Waals surface area (Å²) in [6, 6.07) is 66.4. The molecule has 0 radical (unpaired) electrons. The minimum atomic E-state index is 0.111. The number of phenolic OH excluding ortho intramolecular Hbond substituents is 2. The Hall–Kier alpha value is -7.69. The molecule has 3 nitrogen and oxygen atoms in total. The van der Waals surface area contributed by atoms with Gasteiger partial charge in [0, 0.05) is 21.9 Å². The van der Waals surface area contributed by atoms with Crippen molar-refractivity contribution in [1.29, 1.82) is 0 Å². The van der Waals surface area contributed by atoms with Crippen LogP contribution < -0.4 is 16.4 Å². The molecule has 290 valence electrons. The van der Waals surface area contributed by atoms with Crippen molar-refractivity contribution >= 4 is 83.4 Å². The van der Waals surface area contributed by atoms with E-state index in [0.29, 0.717) is 5.56 Å². The third-order valence-electron chi connectivity index (χ3n) is 13.0. The largest absolute Gasteiger partial charge is 0.508 e. The first-order chi connectivity index (χ1) is 30.4. The summed E-state index contributed by atoms with van der Waals surface area (Å²) in [4.78, 5) is 0. The second-order valence-corrected chi connectivity index (χ2v) is 16.4. The highest BCUT2D eigenvalue weighted by molar-refractivity contribution is 6.59. The van der Waals surface area contributed by atoms with Crippen molar-refractivity contribution in [2.75, 3.05) is 0 Å². The summed E-state index contributed by atoms with van der Waals surface area (Å²) in [5.41, 5.74) is 16.7. The molecule has 0 bridgehead atoms. The second kappa shape index (κ2) is 14.8. The normalized spacial score (nSPS) is 11.5. The third-order valence-corrected chi connectivity index (χ3v) is 13.0. The molecule has 0 saturated heterocycles. The number of rotatable bonds is 6. The summed E-state index contributed by atoms with van der Waals surface area (Å²) in [6.45, 7) is 0. The average Bonchev–Trinajstić information content (AvgIpc) is 3.72. The summed E-state index contributed by atoms with van der Waals surface area (Å²) in [7, 11) is 5.78. The number of aromatic hydroxyl groups is 2. The average molecular weight is 792 g/mol. The zero-order valence-electron chi connectivity index (χ0n) is 34.7. The molecule has 0 saturated carbocycles. The fourth-order valence-corrected chi connectivity index (χ4v) is 9.61. The SMILES string of the molecule is Bc1c(B)c(O)c(-c2c3ccccc3c(-c3ccc(-c4c(-c5cc(-c6ccccc6)cc(-c6ccccc6)c5)ccc5oc6ccccc6c45)cc3)c3ccccc23)c(O)c1B. The van der Waals surface area contributed by atoms with E-state index < -0.39 is 0 Å². The Balaban J connectivity index is 1.15. The number of fused-ring (bicyclic) bond motifs is 5. The second-order valence-electron chi connectivity index (χ2n) is 16.4. The van der Waals surface area contributed by atoms with E-state index in [1.807, 2.05) is 47.8 Å². The van der Waals surface area contributed by atoms with Gasteiger partial charge in [0.05, 0.1) is 5.56 Å². The van der Waals surface area contributed by atoms with E-state index in [2.05, 4.69) is 164 Å². The molecule has 0 atom stereocenters. The fourth-order valence-electron chi connectivity index (χ4n) is 9.61. The van der Waals surface area contributed by atoms with Crippen molar-refractivity contribution in [3.63, 3.8) is 0 Å². The molecule has 0 aliphatic heterocycles. The molecule has 11 aromatic rings. The van der Waals surface area contributed by atoms with Crippen LogP contribution in [-0.2, 0) is 0 Å². The van der Waals surface area contributed by atoms with Gasteiger partial charge in [0.2, 0.25) is 0 Å². The maximum Gasteiger partial charge on any atom is 0.143 e. The van der Waals surface area contributed by atoms with Crippen LogP contribution in [0.1, 0.15) is 0 Å². The molecular weight excluding hydrogens is 753 g/mol. The summed E-state index contributed by atoms with van der Waals surface area (Å²) in [5, 5.41) is 29.5. The van der Waals surface area contributed by atoms with Crippen molar-refractivity contribution in [3.05, 3.63) is 188 Å². The topological polar surface area (TPSA) is 53.6 Å². The highest BCUT2D eigenvalue weighted by atomic mass is 16.3. The van der Waals surface area contributed by atoms with Gasteiger partial charge in [0.15, 0.2) is 0 Å². The number of para-hydroxylation sites is 1. The van der Waals surface area contributed by atoms with Gasteiger partial charge in [-0.3, -0.25) is 0 Å². The standard InChI is InChI=1S/C56H39B3O3/c57-52-53(58)55(60)51(56(61)54(52)59)49-42-19-9-7-17-40(42)47(41-18-8-10-20-43(41)49)34-23-25-35(26-24-34)48-39(27-28-46-50(48)44-21-11-12-22-45(44)62-46)38-30-36(32-13-3-1-4-14-32)29-37(31-38)33-15-5-2-6-16-33/h1-31,60-61H,57-59H2. The predicted molar refractivity (Wildman–Crippen MR) is 269 cm³/mol. The van der Waals surface area contributed by atoms with E-state index >= 15 is 0 Å². The van der Waals surface area contributed by atoms with Gasteiger partial charge in [-0.15, -0.1) is 0 Å². The molecule has 6 heteroatoms. The van der Waals surface area contributed by atoms with Crippen molar-refractivity contribution in [2.24, 2.45) is 0 Å². The molecule has 0 spiro atoms. The van der Waals surface area contributed by atoms with Crippen molar-refractivity contribution in [1.82, 2.24) is 0 Å². The molecular formula is C56H39B3O3. The van der Waals surface area contributed by atoms with E-state index in [0.717, 1.165) is 121 Å². The minimum Gasteiger partial charge on any atom is -0.508 e. The van der Waals surface area contributed by atoms with Crippen LogP contribution in [0.3, 0.4) is 0 Å². The monoisotopic (exact) mass is 792 g/mol. The minimum absolute atomic E-state index is 0.111. The molecule has 10 aromatic carbocycles. The molecule has 1 heterocycles. The van der Waals surface area contributed by atoms with E-state index in [4.69, 9.17) is 4.42 Å². The summed E-state index contributed by atoms with van der Waals surface area (Å²) < 4.78 is 6.53. The third kappa shape index (κ3) is 5.94. The Morgan fingerprint density at radius 3 is 1.27 bits per heavy atom. The van der Waals surface area contributed by atoms with Crippen LogP contribution in [0.5, 0.6) is 11.5 Å². The van der Waals surface area contributed by atoms with Gasteiger partial charge < -0.3 is 14.6 Å². The molecule has 11 rings (SSSR count). The van der Waals surface area contributed by atoms with Crippen molar-refractivity contribution in [3.8, 4) is 78.3 Å². The Morgan fingerprint density at radius 2 is 0.742 bits per heavy atom. The highest BCUT2D eigenvalue weighted by Crippen LogP contribution is 2.49. The number of furan rings is 1. The van der Waals surface area contributed by atoms with Gasteiger partial charge in [0.1, 0.15) is 46.2 Å². The van der Waals surface area contributed by atoms with Gasteiger partial charge in [-0.25, -0.2) is 0 Å². The van der Waals surface area contributed by atoms with Crippen LogP contribution in [0.25, 0.3) is 110 Å².